The van der Waals surface area contributed by atoms with Gasteiger partial charge in [0.1, 0.15) is 11.1 Å². The standard InChI is InChI=1S/C32H32ClN7O2/c1-21-17-24(10-9-23(21)19-40-15-13-38(2)14-16-40)34-31(41)26-18-25(11-12-28(26)33)42-32-27-20-39(3)37-30(27)35-29(36-32)22-7-5-4-6-8-22/h4-12,17-18,20H,13-16,19H2,1-3H3,(H,34,41). The summed E-state index contributed by atoms with van der Waals surface area (Å²) in [5.74, 6) is 0.935. The molecule has 0 saturated carbocycles. The van der Waals surface area contributed by atoms with Crippen molar-refractivity contribution in [1.29, 1.82) is 0 Å². The highest BCUT2D eigenvalue weighted by Crippen LogP contribution is 2.32. The molecule has 1 aliphatic rings. The lowest BCUT2D eigenvalue weighted by Gasteiger charge is -2.32. The fourth-order valence-electron chi connectivity index (χ4n) is 5.04. The molecule has 9 nitrogen and oxygen atoms in total. The summed E-state index contributed by atoms with van der Waals surface area (Å²) >= 11 is 6.47. The Bertz CT molecular complexity index is 1750. The third kappa shape index (κ3) is 6.13. The second kappa shape index (κ2) is 11.9. The first-order valence-electron chi connectivity index (χ1n) is 13.9. The molecule has 5 aromatic rings. The Labute approximate surface area is 249 Å². The lowest BCUT2D eigenvalue weighted by Crippen LogP contribution is -2.43. The van der Waals surface area contributed by atoms with Gasteiger partial charge in [0.05, 0.1) is 10.6 Å². The zero-order chi connectivity index (χ0) is 29.2. The van der Waals surface area contributed by atoms with Gasteiger partial charge in [-0.25, -0.2) is 4.98 Å². The molecule has 42 heavy (non-hydrogen) atoms. The van der Waals surface area contributed by atoms with Gasteiger partial charge in [0.25, 0.3) is 5.91 Å². The average Bonchev–Trinajstić information content (AvgIpc) is 3.37. The minimum Gasteiger partial charge on any atom is -0.438 e. The van der Waals surface area contributed by atoms with Gasteiger partial charge in [0, 0.05) is 57.2 Å². The number of amides is 1. The molecule has 1 amide bonds. The molecule has 6 rings (SSSR count). The molecule has 2 aromatic heterocycles. The number of aromatic nitrogens is 4. The van der Waals surface area contributed by atoms with Crippen LogP contribution in [0.2, 0.25) is 5.02 Å². The topological polar surface area (TPSA) is 88.4 Å². The van der Waals surface area contributed by atoms with Crippen molar-refractivity contribution < 1.29 is 9.53 Å². The van der Waals surface area contributed by atoms with Gasteiger partial charge in [-0.15, -0.1) is 0 Å². The Kier molecular flexibility index (Phi) is 7.88. The maximum atomic E-state index is 13.3. The lowest BCUT2D eigenvalue weighted by molar-refractivity contribution is 0.102. The van der Waals surface area contributed by atoms with Gasteiger partial charge in [-0.1, -0.05) is 48.0 Å². The fraction of sp³-hybridized carbons (Fsp3) is 0.250. The van der Waals surface area contributed by atoms with Crippen molar-refractivity contribution in [2.45, 2.75) is 13.5 Å². The quantitative estimate of drug-likeness (QED) is 0.260. The SMILES string of the molecule is Cc1cc(NC(=O)c2cc(Oc3nc(-c4ccccc4)nc4nn(C)cc34)ccc2Cl)ccc1CN1CCN(C)CC1. The number of benzene rings is 3. The molecule has 0 aliphatic carbocycles. The van der Waals surface area contributed by atoms with Gasteiger partial charge >= 0.3 is 0 Å². The molecule has 0 bridgehead atoms. The minimum absolute atomic E-state index is 0.299. The van der Waals surface area contributed by atoms with E-state index in [0.29, 0.717) is 44.8 Å². The van der Waals surface area contributed by atoms with E-state index < -0.39 is 0 Å². The molecule has 0 spiro atoms. The maximum Gasteiger partial charge on any atom is 0.257 e. The van der Waals surface area contributed by atoms with Crippen molar-refractivity contribution in [1.82, 2.24) is 29.5 Å². The van der Waals surface area contributed by atoms with Crippen LogP contribution in [0.15, 0.2) is 72.9 Å². The molecular formula is C32H32ClN7O2. The number of aryl methyl sites for hydroxylation is 2. The third-order valence-corrected chi connectivity index (χ3v) is 7.81. The number of rotatable bonds is 7. The fourth-order valence-corrected chi connectivity index (χ4v) is 5.24. The van der Waals surface area contributed by atoms with E-state index in [4.69, 9.17) is 16.3 Å². The van der Waals surface area contributed by atoms with E-state index in [1.54, 1.807) is 29.1 Å². The van der Waals surface area contributed by atoms with E-state index in [2.05, 4.69) is 50.2 Å². The summed E-state index contributed by atoms with van der Waals surface area (Å²) in [6.07, 6.45) is 1.80. The van der Waals surface area contributed by atoms with Crippen molar-refractivity contribution in [3.63, 3.8) is 0 Å². The Morgan fingerprint density at radius 3 is 2.52 bits per heavy atom. The number of carbonyl (C=O) groups excluding carboxylic acids is 1. The van der Waals surface area contributed by atoms with Gasteiger partial charge in [0.15, 0.2) is 11.5 Å². The van der Waals surface area contributed by atoms with E-state index in [1.165, 1.54) is 5.56 Å². The number of ether oxygens (including phenoxy) is 1. The number of hydrogen-bond donors (Lipinski definition) is 1. The number of nitrogens with zero attached hydrogens (tertiary/aromatic N) is 6. The van der Waals surface area contributed by atoms with Crippen LogP contribution in [0.3, 0.4) is 0 Å². The molecule has 1 N–H and O–H groups in total. The molecule has 3 heterocycles. The Morgan fingerprint density at radius 2 is 1.76 bits per heavy atom. The molecular weight excluding hydrogens is 550 g/mol. The Hall–Kier alpha value is -4.31. The number of hydrogen-bond acceptors (Lipinski definition) is 7. The van der Waals surface area contributed by atoms with E-state index in [9.17, 15) is 4.79 Å². The highest BCUT2D eigenvalue weighted by atomic mass is 35.5. The van der Waals surface area contributed by atoms with Crippen LogP contribution in [0.5, 0.6) is 11.6 Å². The highest BCUT2D eigenvalue weighted by Gasteiger charge is 2.18. The first-order valence-corrected chi connectivity index (χ1v) is 14.3. The van der Waals surface area contributed by atoms with Crippen molar-refractivity contribution in [3.05, 3.63) is 94.6 Å². The number of halogens is 1. The van der Waals surface area contributed by atoms with E-state index >= 15 is 0 Å². The second-order valence-electron chi connectivity index (χ2n) is 10.7. The molecule has 3 aromatic carbocycles. The van der Waals surface area contributed by atoms with Gasteiger partial charge in [-0.2, -0.15) is 10.1 Å². The molecule has 0 radical (unpaired) electrons. The van der Waals surface area contributed by atoms with Crippen LogP contribution in [0.25, 0.3) is 22.4 Å². The molecule has 0 unspecified atom stereocenters. The Balaban J connectivity index is 1.21. The largest absolute Gasteiger partial charge is 0.438 e. The highest BCUT2D eigenvalue weighted by molar-refractivity contribution is 6.34. The number of likely N-dealkylation sites (N-methyl/N-ethyl adjacent to an activating group) is 1. The number of nitrogens with one attached hydrogen (secondary N) is 1. The number of anilines is 1. The molecule has 1 saturated heterocycles. The van der Waals surface area contributed by atoms with Gasteiger partial charge in [0.2, 0.25) is 5.88 Å². The Morgan fingerprint density at radius 1 is 0.976 bits per heavy atom. The smallest absolute Gasteiger partial charge is 0.257 e. The van der Waals surface area contributed by atoms with Crippen LogP contribution in [0, 0.1) is 6.92 Å². The van der Waals surface area contributed by atoms with Crippen molar-refractivity contribution >= 4 is 34.2 Å². The minimum atomic E-state index is -0.323. The zero-order valence-corrected chi connectivity index (χ0v) is 24.6. The first kappa shape index (κ1) is 27.8. The van der Waals surface area contributed by atoms with Crippen LogP contribution >= 0.6 is 11.6 Å². The monoisotopic (exact) mass is 581 g/mol. The summed E-state index contributed by atoms with van der Waals surface area (Å²) in [5, 5.41) is 8.43. The molecule has 0 atom stereocenters. The van der Waals surface area contributed by atoms with Crippen molar-refractivity contribution in [2.75, 3.05) is 38.5 Å². The summed E-state index contributed by atoms with van der Waals surface area (Å²) in [6, 6.07) is 20.7. The molecule has 1 fully saturated rings. The number of piperazine rings is 1. The first-order chi connectivity index (χ1) is 20.3. The molecule has 214 valence electrons. The predicted octanol–water partition coefficient (Wildman–Crippen LogP) is 5.78. The summed E-state index contributed by atoms with van der Waals surface area (Å²) in [6.45, 7) is 7.25. The van der Waals surface area contributed by atoms with Crippen LogP contribution in [0.1, 0.15) is 21.5 Å². The summed E-state index contributed by atoms with van der Waals surface area (Å²) in [5.41, 5.74) is 4.76. The van der Waals surface area contributed by atoms with E-state index in [1.807, 2.05) is 49.5 Å². The maximum absolute atomic E-state index is 13.3. The average molecular weight is 582 g/mol. The summed E-state index contributed by atoms with van der Waals surface area (Å²) in [7, 11) is 3.98. The van der Waals surface area contributed by atoms with E-state index in [0.717, 1.165) is 43.9 Å². The van der Waals surface area contributed by atoms with Gasteiger partial charge in [-0.05, 0) is 55.4 Å². The van der Waals surface area contributed by atoms with E-state index in [-0.39, 0.29) is 5.91 Å². The van der Waals surface area contributed by atoms with Crippen LogP contribution < -0.4 is 10.1 Å². The van der Waals surface area contributed by atoms with Crippen LogP contribution in [0.4, 0.5) is 5.69 Å². The van der Waals surface area contributed by atoms with Crippen LogP contribution in [-0.2, 0) is 13.6 Å². The summed E-state index contributed by atoms with van der Waals surface area (Å²) in [4.78, 5) is 27.4. The van der Waals surface area contributed by atoms with Crippen molar-refractivity contribution in [3.8, 4) is 23.0 Å². The lowest BCUT2D eigenvalue weighted by atomic mass is 10.1. The molecule has 10 heteroatoms. The van der Waals surface area contributed by atoms with Gasteiger partial charge in [-0.3, -0.25) is 14.4 Å². The van der Waals surface area contributed by atoms with Crippen LogP contribution in [-0.4, -0.2) is 68.7 Å². The second-order valence-corrected chi connectivity index (χ2v) is 11.1. The predicted molar refractivity (Wildman–Crippen MR) is 165 cm³/mol. The van der Waals surface area contributed by atoms with Gasteiger partial charge < -0.3 is 15.0 Å². The third-order valence-electron chi connectivity index (χ3n) is 7.48. The number of fused-ring (bicyclic) bond motifs is 1. The normalized spacial score (nSPS) is 14.3. The zero-order valence-electron chi connectivity index (χ0n) is 23.8. The number of carbonyl (C=O) groups is 1. The van der Waals surface area contributed by atoms with Crippen molar-refractivity contribution in [2.24, 2.45) is 7.05 Å². The summed E-state index contributed by atoms with van der Waals surface area (Å²) < 4.78 is 7.89. The molecule has 1 aliphatic heterocycles.